The van der Waals surface area contributed by atoms with Crippen molar-refractivity contribution >= 4 is 17.9 Å². The largest absolute Gasteiger partial charge is 0.490 e. The Labute approximate surface area is 182 Å². The molecule has 6 nitrogen and oxygen atoms in total. The van der Waals surface area contributed by atoms with Gasteiger partial charge < -0.3 is 14.8 Å². The number of rotatable bonds is 9. The third kappa shape index (κ3) is 7.51. The Morgan fingerprint density at radius 3 is 2.35 bits per heavy atom. The summed E-state index contributed by atoms with van der Waals surface area (Å²) < 4.78 is 11.5. The Hall–Kier alpha value is -3.80. The SMILES string of the molecule is CCc1cc(C)cc(OCCOc2ccc(/C=N\NC(=O)Nc3ccccc3)cc2)c1. The Morgan fingerprint density at radius 1 is 0.935 bits per heavy atom. The van der Waals surface area contributed by atoms with E-state index in [0.717, 1.165) is 23.5 Å². The van der Waals surface area contributed by atoms with Gasteiger partial charge in [-0.2, -0.15) is 5.10 Å². The fraction of sp³-hybridized carbons (Fsp3) is 0.200. The number of aryl methyl sites for hydroxylation is 2. The molecule has 0 aliphatic heterocycles. The average Bonchev–Trinajstić information content (AvgIpc) is 2.78. The zero-order chi connectivity index (χ0) is 21.9. The second kappa shape index (κ2) is 11.4. The summed E-state index contributed by atoms with van der Waals surface area (Å²) in [7, 11) is 0. The lowest BCUT2D eigenvalue weighted by Gasteiger charge is -2.10. The van der Waals surface area contributed by atoms with Crippen molar-refractivity contribution in [3.05, 3.63) is 89.5 Å². The number of carbonyl (C=O) groups excluding carboxylic acids is 1. The van der Waals surface area contributed by atoms with Crippen LogP contribution in [0.5, 0.6) is 11.5 Å². The summed E-state index contributed by atoms with van der Waals surface area (Å²) in [4.78, 5) is 11.8. The van der Waals surface area contributed by atoms with E-state index in [4.69, 9.17) is 9.47 Å². The van der Waals surface area contributed by atoms with Crippen LogP contribution in [0.25, 0.3) is 0 Å². The second-order valence-electron chi connectivity index (χ2n) is 6.96. The van der Waals surface area contributed by atoms with Crippen LogP contribution in [0.1, 0.15) is 23.6 Å². The van der Waals surface area contributed by atoms with Crippen molar-refractivity contribution in [1.29, 1.82) is 0 Å². The third-order valence-corrected chi connectivity index (χ3v) is 4.43. The average molecular weight is 418 g/mol. The molecule has 31 heavy (non-hydrogen) atoms. The van der Waals surface area contributed by atoms with Crippen molar-refractivity contribution in [3.63, 3.8) is 0 Å². The Morgan fingerprint density at radius 2 is 1.65 bits per heavy atom. The highest BCUT2D eigenvalue weighted by Crippen LogP contribution is 2.17. The van der Waals surface area contributed by atoms with Gasteiger partial charge in [-0.25, -0.2) is 10.2 Å². The highest BCUT2D eigenvalue weighted by atomic mass is 16.5. The first-order valence-electron chi connectivity index (χ1n) is 10.2. The zero-order valence-electron chi connectivity index (χ0n) is 17.8. The summed E-state index contributed by atoms with van der Waals surface area (Å²) in [5, 5.41) is 6.64. The standard InChI is InChI=1S/C25H27N3O3/c1-3-20-15-19(2)16-24(17-20)31-14-13-30-23-11-9-21(10-12-23)18-26-28-25(29)27-22-7-5-4-6-8-22/h4-12,15-18H,3,13-14H2,1-2H3,(H2,27,28,29)/b26-18-. The minimum absolute atomic E-state index is 0.401. The van der Waals surface area contributed by atoms with Crippen LogP contribution in [0.2, 0.25) is 0 Å². The highest BCUT2D eigenvalue weighted by molar-refractivity contribution is 5.90. The molecule has 0 bridgehead atoms. The van der Waals surface area contributed by atoms with Crippen molar-refractivity contribution in [3.8, 4) is 11.5 Å². The van der Waals surface area contributed by atoms with Crippen LogP contribution < -0.4 is 20.2 Å². The van der Waals surface area contributed by atoms with Crippen LogP contribution in [0, 0.1) is 6.92 Å². The maximum atomic E-state index is 11.8. The summed E-state index contributed by atoms with van der Waals surface area (Å²) in [6.45, 7) is 5.12. The van der Waals surface area contributed by atoms with Gasteiger partial charge in [0.25, 0.3) is 0 Å². The molecule has 2 N–H and O–H groups in total. The fourth-order valence-electron chi connectivity index (χ4n) is 2.93. The van der Waals surface area contributed by atoms with E-state index in [2.05, 4.69) is 41.8 Å². The number of carbonyl (C=O) groups is 1. The lowest BCUT2D eigenvalue weighted by atomic mass is 10.1. The number of nitrogens with one attached hydrogen (secondary N) is 2. The second-order valence-corrected chi connectivity index (χ2v) is 6.96. The summed E-state index contributed by atoms with van der Waals surface area (Å²) in [6, 6.07) is 22.5. The summed E-state index contributed by atoms with van der Waals surface area (Å²) in [6.07, 6.45) is 2.55. The molecule has 0 saturated heterocycles. The van der Waals surface area contributed by atoms with Crippen molar-refractivity contribution in [2.75, 3.05) is 18.5 Å². The van der Waals surface area contributed by atoms with Gasteiger partial charge in [0.1, 0.15) is 24.7 Å². The first-order chi connectivity index (χ1) is 15.1. The first kappa shape index (κ1) is 21.9. The van der Waals surface area contributed by atoms with Crippen molar-refractivity contribution in [2.24, 2.45) is 5.10 Å². The van der Waals surface area contributed by atoms with Crippen LogP contribution in [0.4, 0.5) is 10.5 Å². The van der Waals surface area contributed by atoms with Crippen LogP contribution in [0.3, 0.4) is 0 Å². The topological polar surface area (TPSA) is 72.0 Å². The summed E-state index contributed by atoms with van der Waals surface area (Å²) in [5.41, 5.74) is 6.44. The van der Waals surface area contributed by atoms with Gasteiger partial charge >= 0.3 is 6.03 Å². The molecule has 0 saturated carbocycles. The molecule has 0 aliphatic carbocycles. The van der Waals surface area contributed by atoms with Gasteiger partial charge in [0.15, 0.2) is 0 Å². The molecule has 3 aromatic rings. The molecular formula is C25H27N3O3. The van der Waals surface area contributed by atoms with Crippen LogP contribution in [0.15, 0.2) is 77.9 Å². The molecule has 3 aromatic carbocycles. The normalized spacial score (nSPS) is 10.6. The van der Waals surface area contributed by atoms with E-state index in [0.29, 0.717) is 18.9 Å². The van der Waals surface area contributed by atoms with Gasteiger partial charge in [-0.1, -0.05) is 31.2 Å². The Kier molecular flexibility index (Phi) is 8.05. The number of nitrogens with zero attached hydrogens (tertiary/aromatic N) is 1. The van der Waals surface area contributed by atoms with E-state index in [1.807, 2.05) is 48.5 Å². The molecule has 0 fully saturated rings. The van der Waals surface area contributed by atoms with Crippen LogP contribution in [-0.2, 0) is 6.42 Å². The van der Waals surface area contributed by atoms with E-state index in [1.54, 1.807) is 18.3 Å². The predicted octanol–water partition coefficient (Wildman–Crippen LogP) is 5.17. The fourth-order valence-corrected chi connectivity index (χ4v) is 2.93. The lowest BCUT2D eigenvalue weighted by Crippen LogP contribution is -2.24. The number of para-hydroxylation sites is 1. The van der Waals surface area contributed by atoms with E-state index in [9.17, 15) is 4.79 Å². The molecule has 160 valence electrons. The molecule has 0 aliphatic rings. The number of ether oxygens (including phenoxy) is 2. The molecule has 0 heterocycles. The Balaban J connectivity index is 1.39. The van der Waals surface area contributed by atoms with E-state index in [-0.39, 0.29) is 0 Å². The number of urea groups is 1. The Bertz CT molecular complexity index is 1000. The third-order valence-electron chi connectivity index (χ3n) is 4.43. The summed E-state index contributed by atoms with van der Waals surface area (Å²) in [5.74, 6) is 1.62. The van der Waals surface area contributed by atoms with Gasteiger partial charge in [0, 0.05) is 5.69 Å². The van der Waals surface area contributed by atoms with Gasteiger partial charge in [-0.15, -0.1) is 0 Å². The molecule has 0 aromatic heterocycles. The quantitative estimate of drug-likeness (QED) is 0.287. The lowest BCUT2D eigenvalue weighted by molar-refractivity contribution is 0.217. The minimum atomic E-state index is -0.401. The van der Waals surface area contributed by atoms with Crippen LogP contribution in [-0.4, -0.2) is 25.5 Å². The minimum Gasteiger partial charge on any atom is -0.490 e. The van der Waals surface area contributed by atoms with Crippen molar-refractivity contribution in [1.82, 2.24) is 5.43 Å². The predicted molar refractivity (Wildman–Crippen MR) is 124 cm³/mol. The number of anilines is 1. The van der Waals surface area contributed by atoms with Crippen molar-refractivity contribution < 1.29 is 14.3 Å². The molecule has 0 unspecified atom stereocenters. The van der Waals surface area contributed by atoms with Gasteiger partial charge in [0.05, 0.1) is 6.21 Å². The monoisotopic (exact) mass is 417 g/mol. The number of hydrogen-bond donors (Lipinski definition) is 2. The number of hydrogen-bond acceptors (Lipinski definition) is 4. The molecule has 2 amide bonds. The number of amides is 2. The molecule has 0 radical (unpaired) electrons. The maximum absolute atomic E-state index is 11.8. The first-order valence-corrected chi connectivity index (χ1v) is 10.2. The zero-order valence-corrected chi connectivity index (χ0v) is 17.8. The van der Waals surface area contributed by atoms with E-state index >= 15 is 0 Å². The van der Waals surface area contributed by atoms with Crippen molar-refractivity contribution in [2.45, 2.75) is 20.3 Å². The van der Waals surface area contributed by atoms with E-state index < -0.39 is 6.03 Å². The molecule has 0 spiro atoms. The number of hydrazone groups is 1. The van der Waals surface area contributed by atoms with E-state index in [1.165, 1.54) is 11.1 Å². The smallest absolute Gasteiger partial charge is 0.339 e. The maximum Gasteiger partial charge on any atom is 0.339 e. The van der Waals surface area contributed by atoms with Gasteiger partial charge in [-0.3, -0.25) is 0 Å². The summed E-state index contributed by atoms with van der Waals surface area (Å²) >= 11 is 0. The highest BCUT2D eigenvalue weighted by Gasteiger charge is 2.01. The van der Waals surface area contributed by atoms with Crippen LogP contribution >= 0.6 is 0 Å². The molecular weight excluding hydrogens is 390 g/mol. The van der Waals surface area contributed by atoms with Gasteiger partial charge in [0.2, 0.25) is 0 Å². The molecule has 3 rings (SSSR count). The van der Waals surface area contributed by atoms with Gasteiger partial charge in [-0.05, 0) is 78.6 Å². The molecule has 0 atom stereocenters. The number of benzene rings is 3. The molecule has 6 heteroatoms.